The van der Waals surface area contributed by atoms with Crippen molar-refractivity contribution in [1.29, 1.82) is 0 Å². The van der Waals surface area contributed by atoms with E-state index in [9.17, 15) is 4.79 Å². The Hall–Kier alpha value is -2.05. The number of carbonyl (C=O) groups excluding carboxylic acids is 1. The molecule has 19 heavy (non-hydrogen) atoms. The first-order valence-corrected chi connectivity index (χ1v) is 6.30. The maximum Gasteiger partial charge on any atom is 0.257 e. The summed E-state index contributed by atoms with van der Waals surface area (Å²) in [5.41, 5.74) is 7.10. The summed E-state index contributed by atoms with van der Waals surface area (Å²) < 4.78 is 1.69. The lowest BCUT2D eigenvalue weighted by Crippen LogP contribution is -2.41. The van der Waals surface area contributed by atoms with Gasteiger partial charge in [0.1, 0.15) is 5.84 Å². The predicted octanol–water partition coefficient (Wildman–Crippen LogP) is 0.327. The van der Waals surface area contributed by atoms with Crippen LogP contribution in [0.3, 0.4) is 0 Å². The van der Waals surface area contributed by atoms with Crippen LogP contribution in [0, 0.1) is 12.8 Å². The highest BCUT2D eigenvalue weighted by Gasteiger charge is 2.27. The number of hydrogen-bond acceptors (Lipinski definition) is 4. The molecule has 0 bridgehead atoms. The highest BCUT2D eigenvalue weighted by atomic mass is 16.4. The summed E-state index contributed by atoms with van der Waals surface area (Å²) in [5, 5.41) is 15.8. The Morgan fingerprint density at radius 3 is 2.63 bits per heavy atom. The van der Waals surface area contributed by atoms with Crippen molar-refractivity contribution in [3.8, 4) is 0 Å². The maximum absolute atomic E-state index is 12.3. The summed E-state index contributed by atoms with van der Waals surface area (Å²) >= 11 is 0. The van der Waals surface area contributed by atoms with Crippen molar-refractivity contribution in [3.63, 3.8) is 0 Å². The molecule has 7 nitrogen and oxygen atoms in total. The van der Waals surface area contributed by atoms with Gasteiger partial charge in [-0.05, 0) is 19.8 Å². The highest BCUT2D eigenvalue weighted by molar-refractivity contribution is 5.95. The second kappa shape index (κ2) is 5.29. The van der Waals surface area contributed by atoms with Gasteiger partial charge in [0, 0.05) is 31.7 Å². The molecular formula is C12H19N5O2. The molecule has 1 aromatic rings. The summed E-state index contributed by atoms with van der Waals surface area (Å²) in [6.45, 7) is 3.12. The lowest BCUT2D eigenvalue weighted by atomic mass is 9.95. The normalized spacial score (nSPS) is 17.8. The van der Waals surface area contributed by atoms with Gasteiger partial charge in [0.15, 0.2) is 0 Å². The molecule has 0 unspecified atom stereocenters. The fourth-order valence-corrected chi connectivity index (χ4v) is 2.34. The fraction of sp³-hybridized carbons (Fsp3) is 0.583. The van der Waals surface area contributed by atoms with Gasteiger partial charge in [-0.2, -0.15) is 5.10 Å². The summed E-state index contributed by atoms with van der Waals surface area (Å²) in [6, 6.07) is 0. The molecule has 0 atom stereocenters. The molecule has 1 aliphatic rings. The molecule has 1 aliphatic heterocycles. The Bertz CT molecular complexity index is 500. The van der Waals surface area contributed by atoms with Crippen molar-refractivity contribution in [3.05, 3.63) is 17.5 Å². The van der Waals surface area contributed by atoms with Gasteiger partial charge in [-0.1, -0.05) is 5.16 Å². The zero-order chi connectivity index (χ0) is 14.0. The molecule has 0 aliphatic carbocycles. The Labute approximate surface area is 111 Å². The van der Waals surface area contributed by atoms with E-state index in [0.717, 1.165) is 18.5 Å². The molecule has 2 rings (SSSR count). The first-order valence-electron chi connectivity index (χ1n) is 6.30. The van der Waals surface area contributed by atoms with Crippen LogP contribution in [0.5, 0.6) is 0 Å². The van der Waals surface area contributed by atoms with Crippen LogP contribution in [0.2, 0.25) is 0 Å². The van der Waals surface area contributed by atoms with Gasteiger partial charge in [0.25, 0.3) is 5.91 Å². The van der Waals surface area contributed by atoms with Gasteiger partial charge >= 0.3 is 0 Å². The second-order valence-corrected chi connectivity index (χ2v) is 4.86. The molecule has 0 saturated carbocycles. The third kappa shape index (κ3) is 2.54. The van der Waals surface area contributed by atoms with Gasteiger partial charge in [-0.15, -0.1) is 0 Å². The van der Waals surface area contributed by atoms with E-state index in [1.165, 1.54) is 0 Å². The molecule has 1 fully saturated rings. The Morgan fingerprint density at radius 1 is 1.53 bits per heavy atom. The number of carbonyl (C=O) groups is 1. The minimum atomic E-state index is 0.00330. The first kappa shape index (κ1) is 13.4. The predicted molar refractivity (Wildman–Crippen MR) is 70.0 cm³/mol. The van der Waals surface area contributed by atoms with E-state index < -0.39 is 0 Å². The summed E-state index contributed by atoms with van der Waals surface area (Å²) in [6.07, 6.45) is 3.05. The molecule has 0 aromatic carbocycles. The van der Waals surface area contributed by atoms with E-state index in [4.69, 9.17) is 10.9 Å². The number of hydrogen-bond donors (Lipinski definition) is 2. The molecule has 0 radical (unpaired) electrons. The van der Waals surface area contributed by atoms with E-state index in [2.05, 4.69) is 10.3 Å². The van der Waals surface area contributed by atoms with Crippen LogP contribution in [-0.4, -0.2) is 44.7 Å². The number of nitrogens with zero attached hydrogens (tertiary/aromatic N) is 4. The van der Waals surface area contributed by atoms with Crippen LogP contribution < -0.4 is 5.73 Å². The topological polar surface area (TPSA) is 96.7 Å². The largest absolute Gasteiger partial charge is 0.409 e. The molecule has 1 amide bonds. The standard InChI is InChI=1S/C12H19N5O2/c1-8-10(7-14-16(8)2)12(18)17-5-3-9(4-6-17)11(13)15-19/h7,9,19H,3-6H2,1-2H3,(H2,13,15). The van der Waals surface area contributed by atoms with Crippen LogP contribution in [0.4, 0.5) is 0 Å². The second-order valence-electron chi connectivity index (χ2n) is 4.86. The lowest BCUT2D eigenvalue weighted by molar-refractivity contribution is 0.0708. The number of likely N-dealkylation sites (tertiary alicyclic amines) is 1. The average molecular weight is 265 g/mol. The van der Waals surface area contributed by atoms with Crippen LogP contribution in [0.1, 0.15) is 28.9 Å². The Morgan fingerprint density at radius 2 is 2.16 bits per heavy atom. The molecule has 2 heterocycles. The van der Waals surface area contributed by atoms with E-state index in [1.54, 1.807) is 15.8 Å². The van der Waals surface area contributed by atoms with Crippen molar-refractivity contribution >= 4 is 11.7 Å². The molecule has 1 aromatic heterocycles. The van der Waals surface area contributed by atoms with Crippen molar-refractivity contribution < 1.29 is 10.0 Å². The fourth-order valence-electron chi connectivity index (χ4n) is 2.34. The molecular weight excluding hydrogens is 246 g/mol. The zero-order valence-electron chi connectivity index (χ0n) is 11.2. The third-order valence-corrected chi connectivity index (χ3v) is 3.78. The summed E-state index contributed by atoms with van der Waals surface area (Å²) in [7, 11) is 1.82. The Balaban J connectivity index is 2.02. The molecule has 0 spiro atoms. The number of aromatic nitrogens is 2. The molecule has 1 saturated heterocycles. The van der Waals surface area contributed by atoms with E-state index in [0.29, 0.717) is 18.7 Å². The van der Waals surface area contributed by atoms with Crippen LogP contribution in [-0.2, 0) is 7.05 Å². The molecule has 7 heteroatoms. The number of piperidine rings is 1. The van der Waals surface area contributed by atoms with E-state index in [-0.39, 0.29) is 17.7 Å². The third-order valence-electron chi connectivity index (χ3n) is 3.78. The minimum Gasteiger partial charge on any atom is -0.409 e. The van der Waals surface area contributed by atoms with Crippen LogP contribution in [0.15, 0.2) is 11.4 Å². The van der Waals surface area contributed by atoms with Crippen molar-refractivity contribution in [2.75, 3.05) is 13.1 Å². The zero-order valence-corrected chi connectivity index (χ0v) is 11.2. The van der Waals surface area contributed by atoms with Gasteiger partial charge in [0.2, 0.25) is 0 Å². The summed E-state index contributed by atoms with van der Waals surface area (Å²) in [4.78, 5) is 14.1. The lowest BCUT2D eigenvalue weighted by Gasteiger charge is -2.31. The quantitative estimate of drug-likeness (QED) is 0.348. The maximum atomic E-state index is 12.3. The highest BCUT2D eigenvalue weighted by Crippen LogP contribution is 2.20. The van der Waals surface area contributed by atoms with Crippen molar-refractivity contribution in [1.82, 2.24) is 14.7 Å². The number of amidine groups is 1. The van der Waals surface area contributed by atoms with Crippen molar-refractivity contribution in [2.45, 2.75) is 19.8 Å². The van der Waals surface area contributed by atoms with Crippen LogP contribution in [0.25, 0.3) is 0 Å². The average Bonchev–Trinajstić information content (AvgIpc) is 2.77. The monoisotopic (exact) mass is 265 g/mol. The summed E-state index contributed by atoms with van der Waals surface area (Å²) in [5.74, 6) is 0.317. The minimum absolute atomic E-state index is 0.00330. The van der Waals surface area contributed by atoms with E-state index in [1.807, 2.05) is 14.0 Å². The number of oxime groups is 1. The van der Waals surface area contributed by atoms with Crippen molar-refractivity contribution in [2.24, 2.45) is 23.9 Å². The van der Waals surface area contributed by atoms with Crippen LogP contribution >= 0.6 is 0 Å². The number of amides is 1. The van der Waals surface area contributed by atoms with E-state index >= 15 is 0 Å². The van der Waals surface area contributed by atoms with Gasteiger partial charge in [-0.25, -0.2) is 0 Å². The molecule has 3 N–H and O–H groups in total. The SMILES string of the molecule is Cc1c(C(=O)N2CCC(C(N)=NO)CC2)cnn1C. The first-order chi connectivity index (χ1) is 9.04. The van der Waals surface area contributed by atoms with Gasteiger partial charge < -0.3 is 15.8 Å². The molecule has 104 valence electrons. The Kier molecular flexibility index (Phi) is 3.73. The smallest absolute Gasteiger partial charge is 0.257 e. The van der Waals surface area contributed by atoms with Gasteiger partial charge in [0.05, 0.1) is 11.8 Å². The number of rotatable bonds is 2. The number of aryl methyl sites for hydroxylation is 1. The van der Waals surface area contributed by atoms with Gasteiger partial charge in [-0.3, -0.25) is 9.48 Å². The number of nitrogens with two attached hydrogens (primary N) is 1.